The molecule has 1 aromatic rings. The number of benzene rings is 1. The molecule has 0 saturated carbocycles. The van der Waals surface area contributed by atoms with Crippen LogP contribution in [-0.4, -0.2) is 90.7 Å². The largest absolute Gasteiger partial charge is 0.314 e. The number of nitrogens with zero attached hydrogens (tertiary/aromatic N) is 3. The molecule has 1 atom stereocenters. The van der Waals surface area contributed by atoms with E-state index in [0.717, 1.165) is 56.2 Å². The first-order valence-electron chi connectivity index (χ1n) is 10.9. The molecular formula is C22H29N5O4. The molecule has 3 aliphatic rings. The van der Waals surface area contributed by atoms with Crippen molar-refractivity contribution in [1.82, 2.24) is 25.3 Å². The molecule has 0 aliphatic carbocycles. The Bertz CT molecular complexity index is 896. The van der Waals surface area contributed by atoms with Crippen LogP contribution in [0.25, 0.3) is 0 Å². The number of amides is 4. The average molecular weight is 428 g/mol. The maximum Gasteiger partial charge on any atom is 0.262 e. The summed E-state index contributed by atoms with van der Waals surface area (Å²) in [6.45, 7) is 6.68. The molecule has 1 unspecified atom stereocenters. The molecule has 3 aliphatic heterocycles. The molecule has 3 heterocycles. The maximum absolute atomic E-state index is 13.2. The van der Waals surface area contributed by atoms with Crippen molar-refractivity contribution in [2.24, 2.45) is 0 Å². The summed E-state index contributed by atoms with van der Waals surface area (Å²) in [7, 11) is 2.01. The van der Waals surface area contributed by atoms with Crippen LogP contribution in [0.3, 0.4) is 0 Å². The average Bonchev–Trinajstić information content (AvgIpc) is 3.00. The molecule has 166 valence electrons. The van der Waals surface area contributed by atoms with Crippen molar-refractivity contribution >= 4 is 23.6 Å². The van der Waals surface area contributed by atoms with Gasteiger partial charge in [-0.1, -0.05) is 12.1 Å². The van der Waals surface area contributed by atoms with Gasteiger partial charge >= 0.3 is 0 Å². The normalized spacial score (nSPS) is 22.3. The van der Waals surface area contributed by atoms with E-state index in [-0.39, 0.29) is 18.7 Å². The van der Waals surface area contributed by atoms with Crippen molar-refractivity contribution in [2.45, 2.75) is 31.8 Å². The third-order valence-electron chi connectivity index (χ3n) is 6.22. The van der Waals surface area contributed by atoms with Crippen molar-refractivity contribution in [2.75, 3.05) is 46.3 Å². The first kappa shape index (κ1) is 21.6. The van der Waals surface area contributed by atoms with Crippen LogP contribution in [0.5, 0.6) is 0 Å². The van der Waals surface area contributed by atoms with Gasteiger partial charge in [0.25, 0.3) is 11.8 Å². The molecule has 2 saturated heterocycles. The van der Waals surface area contributed by atoms with Crippen LogP contribution in [-0.2, 0) is 16.1 Å². The minimum absolute atomic E-state index is 0.118. The van der Waals surface area contributed by atoms with Crippen molar-refractivity contribution in [3.05, 3.63) is 34.9 Å². The van der Waals surface area contributed by atoms with E-state index in [4.69, 9.17) is 0 Å². The highest BCUT2D eigenvalue weighted by Gasteiger charge is 2.45. The Morgan fingerprint density at radius 3 is 2.61 bits per heavy atom. The van der Waals surface area contributed by atoms with Crippen LogP contribution in [0, 0.1) is 0 Å². The smallest absolute Gasteiger partial charge is 0.262 e. The Hall–Kier alpha value is -2.62. The fourth-order valence-electron chi connectivity index (χ4n) is 4.59. The van der Waals surface area contributed by atoms with Crippen LogP contribution in [0.15, 0.2) is 18.2 Å². The van der Waals surface area contributed by atoms with Gasteiger partial charge in [-0.05, 0) is 44.6 Å². The van der Waals surface area contributed by atoms with Crippen LogP contribution in [0.1, 0.15) is 45.5 Å². The second kappa shape index (κ2) is 9.25. The topological polar surface area (TPSA) is 102 Å². The van der Waals surface area contributed by atoms with Crippen LogP contribution >= 0.6 is 0 Å². The number of hydrogen-bond acceptors (Lipinski definition) is 7. The number of rotatable bonds is 7. The number of imide groups is 2. The van der Waals surface area contributed by atoms with Crippen LogP contribution in [0.4, 0.5) is 0 Å². The second-order valence-electron chi connectivity index (χ2n) is 8.47. The Morgan fingerprint density at radius 1 is 1.10 bits per heavy atom. The van der Waals surface area contributed by atoms with E-state index in [9.17, 15) is 19.2 Å². The van der Waals surface area contributed by atoms with E-state index in [1.165, 1.54) is 0 Å². The van der Waals surface area contributed by atoms with Crippen LogP contribution < -0.4 is 10.6 Å². The zero-order valence-corrected chi connectivity index (χ0v) is 17.9. The van der Waals surface area contributed by atoms with E-state index in [1.54, 1.807) is 12.1 Å². The van der Waals surface area contributed by atoms with E-state index in [2.05, 4.69) is 20.4 Å². The van der Waals surface area contributed by atoms with Crippen LogP contribution in [0.2, 0.25) is 0 Å². The highest BCUT2D eigenvalue weighted by Crippen LogP contribution is 2.30. The Kier molecular flexibility index (Phi) is 6.45. The summed E-state index contributed by atoms with van der Waals surface area (Å²) in [5.74, 6) is -1.87. The van der Waals surface area contributed by atoms with Gasteiger partial charge in [-0.15, -0.1) is 0 Å². The number of nitrogens with one attached hydrogen (secondary N) is 2. The molecule has 4 amide bonds. The predicted molar refractivity (Wildman–Crippen MR) is 113 cm³/mol. The van der Waals surface area contributed by atoms with Gasteiger partial charge in [0.1, 0.15) is 6.04 Å². The fraction of sp³-hybridized carbons (Fsp3) is 0.545. The number of hydrogen-bond donors (Lipinski definition) is 2. The Labute approximate surface area is 181 Å². The SMILES string of the molecule is CN(CCCN1CCNCC1)Cc1cccc2c1C(=O)N(C1CCC(=O)NC1=O)C2=O. The van der Waals surface area contributed by atoms with Gasteiger partial charge in [0, 0.05) is 39.1 Å². The number of carbonyl (C=O) groups is 4. The molecule has 31 heavy (non-hydrogen) atoms. The summed E-state index contributed by atoms with van der Waals surface area (Å²) in [5, 5.41) is 5.58. The minimum Gasteiger partial charge on any atom is -0.314 e. The van der Waals surface area contributed by atoms with E-state index in [0.29, 0.717) is 17.7 Å². The molecule has 1 aromatic carbocycles. The van der Waals surface area contributed by atoms with E-state index in [1.807, 2.05) is 13.1 Å². The molecule has 0 spiro atoms. The van der Waals surface area contributed by atoms with Gasteiger partial charge < -0.3 is 15.1 Å². The lowest BCUT2D eigenvalue weighted by Gasteiger charge is -2.28. The Balaban J connectivity index is 1.42. The summed E-state index contributed by atoms with van der Waals surface area (Å²) in [6.07, 6.45) is 1.31. The van der Waals surface area contributed by atoms with Gasteiger partial charge in [-0.3, -0.25) is 29.4 Å². The first-order valence-corrected chi connectivity index (χ1v) is 10.9. The monoisotopic (exact) mass is 427 g/mol. The quantitative estimate of drug-likeness (QED) is 0.582. The van der Waals surface area contributed by atoms with Gasteiger partial charge in [-0.2, -0.15) is 0 Å². The minimum atomic E-state index is -0.935. The van der Waals surface area contributed by atoms with Gasteiger partial charge in [0.2, 0.25) is 11.8 Å². The molecule has 4 rings (SSSR count). The molecule has 2 fully saturated rings. The maximum atomic E-state index is 13.2. The first-order chi connectivity index (χ1) is 15.0. The molecule has 0 aromatic heterocycles. The second-order valence-corrected chi connectivity index (χ2v) is 8.47. The van der Waals surface area contributed by atoms with Crippen molar-refractivity contribution in [3.8, 4) is 0 Å². The summed E-state index contributed by atoms with van der Waals surface area (Å²) in [4.78, 5) is 55.4. The molecule has 9 heteroatoms. The summed E-state index contributed by atoms with van der Waals surface area (Å²) in [6, 6.07) is 4.34. The van der Waals surface area contributed by atoms with Gasteiger partial charge in [0.05, 0.1) is 11.1 Å². The number of carbonyl (C=O) groups excluding carboxylic acids is 4. The predicted octanol–water partition coefficient (Wildman–Crippen LogP) is -0.185. The molecule has 0 radical (unpaired) electrons. The lowest BCUT2D eigenvalue weighted by atomic mass is 10.0. The highest BCUT2D eigenvalue weighted by atomic mass is 16.2. The van der Waals surface area contributed by atoms with E-state index < -0.39 is 23.8 Å². The fourth-order valence-corrected chi connectivity index (χ4v) is 4.59. The van der Waals surface area contributed by atoms with Crippen molar-refractivity contribution in [1.29, 1.82) is 0 Å². The third kappa shape index (κ3) is 4.53. The van der Waals surface area contributed by atoms with Gasteiger partial charge in [-0.25, -0.2) is 0 Å². The summed E-state index contributed by atoms with van der Waals surface area (Å²) < 4.78 is 0. The zero-order valence-electron chi connectivity index (χ0n) is 17.9. The van der Waals surface area contributed by atoms with Gasteiger partial charge in [0.15, 0.2) is 0 Å². The lowest BCUT2D eigenvalue weighted by molar-refractivity contribution is -0.136. The number of fused-ring (bicyclic) bond motifs is 1. The van der Waals surface area contributed by atoms with Crippen molar-refractivity contribution < 1.29 is 19.2 Å². The van der Waals surface area contributed by atoms with Crippen molar-refractivity contribution in [3.63, 3.8) is 0 Å². The molecular weight excluding hydrogens is 398 g/mol. The summed E-state index contributed by atoms with van der Waals surface area (Å²) in [5.41, 5.74) is 1.50. The lowest BCUT2D eigenvalue weighted by Crippen LogP contribution is -2.54. The molecule has 0 bridgehead atoms. The third-order valence-corrected chi connectivity index (χ3v) is 6.22. The highest BCUT2D eigenvalue weighted by molar-refractivity contribution is 6.24. The number of piperazine rings is 1. The summed E-state index contributed by atoms with van der Waals surface area (Å²) >= 11 is 0. The van der Waals surface area contributed by atoms with E-state index >= 15 is 0 Å². The Morgan fingerprint density at radius 2 is 1.87 bits per heavy atom. The number of piperidine rings is 1. The standard InChI is InChI=1S/C22H29N5O4/c1-25(10-3-11-26-12-8-23-9-13-26)14-15-4-2-5-16-19(15)22(31)27(21(16)30)17-6-7-18(28)24-20(17)29/h2,4-5,17,23H,3,6-14H2,1H3,(H,24,28,29). The zero-order chi connectivity index (χ0) is 22.0. The molecule has 2 N–H and O–H groups in total. The molecule has 9 nitrogen and oxygen atoms in total.